The molecule has 268 valence electrons. The number of para-hydroxylation sites is 2. The highest BCUT2D eigenvalue weighted by molar-refractivity contribution is 6.17. The SMILES string of the molecule is CNC(=O)CCCC(=O)N(C[C@@H]1COC(C)(C)O1)c1ccc(C(O)(C(=O)Cc2cccc3cccnc23)C(=O)Nc2cccc3cccnc23)cc1. The number of carbonyl (C=O) groups is 4. The molecule has 0 bridgehead atoms. The third kappa shape index (κ3) is 7.84. The summed E-state index contributed by atoms with van der Waals surface area (Å²) in [6, 6.07) is 24.0. The topological polar surface area (TPSA) is 160 Å². The zero-order valence-electron chi connectivity index (χ0n) is 29.3. The van der Waals surface area contributed by atoms with Gasteiger partial charge in [0.15, 0.2) is 11.6 Å². The lowest BCUT2D eigenvalue weighted by Gasteiger charge is -2.29. The molecule has 12 nitrogen and oxygen atoms in total. The number of nitrogens with one attached hydrogen (secondary N) is 2. The van der Waals surface area contributed by atoms with Crippen molar-refractivity contribution in [2.75, 3.05) is 30.4 Å². The van der Waals surface area contributed by atoms with E-state index in [4.69, 9.17) is 9.47 Å². The van der Waals surface area contributed by atoms with Crippen LogP contribution < -0.4 is 15.5 Å². The number of amides is 3. The number of hydrogen-bond acceptors (Lipinski definition) is 9. The van der Waals surface area contributed by atoms with Crippen LogP contribution in [0.15, 0.2) is 97.3 Å². The van der Waals surface area contributed by atoms with E-state index in [0.29, 0.717) is 34.4 Å². The minimum Gasteiger partial charge on any atom is -0.370 e. The molecule has 52 heavy (non-hydrogen) atoms. The molecule has 1 aliphatic rings. The Hall–Kier alpha value is -5.56. The molecule has 0 spiro atoms. The largest absolute Gasteiger partial charge is 0.370 e. The van der Waals surface area contributed by atoms with Crippen LogP contribution in [-0.2, 0) is 40.7 Å². The van der Waals surface area contributed by atoms with Gasteiger partial charge in [-0.15, -0.1) is 0 Å². The summed E-state index contributed by atoms with van der Waals surface area (Å²) in [6.07, 6.45) is 3.11. The summed E-state index contributed by atoms with van der Waals surface area (Å²) < 4.78 is 11.7. The highest BCUT2D eigenvalue weighted by Crippen LogP contribution is 2.32. The Morgan fingerprint density at radius 1 is 0.885 bits per heavy atom. The van der Waals surface area contributed by atoms with Crippen LogP contribution in [0.4, 0.5) is 11.4 Å². The number of ketones is 1. The van der Waals surface area contributed by atoms with Gasteiger partial charge in [0.05, 0.1) is 29.9 Å². The van der Waals surface area contributed by atoms with Gasteiger partial charge in [-0.1, -0.05) is 54.6 Å². The monoisotopic (exact) mass is 703 g/mol. The van der Waals surface area contributed by atoms with Gasteiger partial charge in [-0.05, 0) is 56.2 Å². The molecule has 12 heteroatoms. The zero-order chi connectivity index (χ0) is 36.9. The average Bonchev–Trinajstić information content (AvgIpc) is 3.51. The van der Waals surface area contributed by atoms with Crippen LogP contribution in [0.1, 0.15) is 44.2 Å². The second kappa shape index (κ2) is 15.4. The van der Waals surface area contributed by atoms with Gasteiger partial charge in [0, 0.05) is 60.7 Å². The summed E-state index contributed by atoms with van der Waals surface area (Å²) >= 11 is 0. The number of Topliss-reactive ketones (excluding diaryl/α,β-unsaturated/α-hetero) is 1. The van der Waals surface area contributed by atoms with E-state index in [1.165, 1.54) is 17.0 Å². The van der Waals surface area contributed by atoms with Crippen LogP contribution in [0.3, 0.4) is 0 Å². The maximum atomic E-state index is 14.3. The molecule has 3 N–H and O–H groups in total. The molecule has 3 heterocycles. The number of hydrogen-bond donors (Lipinski definition) is 3. The van der Waals surface area contributed by atoms with Crippen molar-refractivity contribution in [2.45, 2.75) is 57.0 Å². The Kier molecular flexibility index (Phi) is 10.7. The Balaban J connectivity index is 1.34. The van der Waals surface area contributed by atoms with Gasteiger partial charge < -0.3 is 30.1 Å². The van der Waals surface area contributed by atoms with Crippen molar-refractivity contribution < 1.29 is 33.8 Å². The molecule has 0 radical (unpaired) electrons. The van der Waals surface area contributed by atoms with Crippen molar-refractivity contribution >= 4 is 56.7 Å². The molecule has 5 aromatic rings. The lowest BCUT2D eigenvalue weighted by molar-refractivity contribution is -0.149. The Labute approximate surface area is 301 Å². The zero-order valence-corrected chi connectivity index (χ0v) is 29.3. The smallest absolute Gasteiger partial charge is 0.269 e. The summed E-state index contributed by atoms with van der Waals surface area (Å²) in [6.45, 7) is 4.02. The fourth-order valence-corrected chi connectivity index (χ4v) is 6.40. The Morgan fingerprint density at radius 3 is 2.21 bits per heavy atom. The van der Waals surface area contributed by atoms with E-state index in [1.54, 1.807) is 81.8 Å². The Morgan fingerprint density at radius 2 is 1.54 bits per heavy atom. The first kappa shape index (κ1) is 36.2. The van der Waals surface area contributed by atoms with Crippen molar-refractivity contribution in [3.8, 4) is 0 Å². The van der Waals surface area contributed by atoms with Crippen molar-refractivity contribution in [3.63, 3.8) is 0 Å². The van der Waals surface area contributed by atoms with Crippen molar-refractivity contribution in [3.05, 3.63) is 108 Å². The van der Waals surface area contributed by atoms with Gasteiger partial charge in [-0.2, -0.15) is 0 Å². The van der Waals surface area contributed by atoms with Gasteiger partial charge in [0.25, 0.3) is 5.91 Å². The number of carbonyl (C=O) groups excluding carboxylic acids is 4. The molecule has 2 aromatic heterocycles. The first-order valence-corrected chi connectivity index (χ1v) is 17.2. The average molecular weight is 704 g/mol. The van der Waals surface area contributed by atoms with Crippen LogP contribution in [0.25, 0.3) is 21.8 Å². The third-order valence-corrected chi connectivity index (χ3v) is 9.10. The first-order chi connectivity index (χ1) is 25.0. The number of ether oxygens (including phenoxy) is 2. The predicted octanol–water partition coefficient (Wildman–Crippen LogP) is 4.82. The lowest BCUT2D eigenvalue weighted by atomic mass is 9.84. The number of fused-ring (bicyclic) bond motifs is 2. The predicted molar refractivity (Wildman–Crippen MR) is 196 cm³/mol. The summed E-state index contributed by atoms with van der Waals surface area (Å²) in [5.41, 5.74) is -0.236. The van der Waals surface area contributed by atoms with E-state index in [-0.39, 0.29) is 49.8 Å². The van der Waals surface area contributed by atoms with Crippen LogP contribution in [0.2, 0.25) is 0 Å². The van der Waals surface area contributed by atoms with Gasteiger partial charge in [-0.25, -0.2) is 0 Å². The number of nitrogens with zero attached hydrogens (tertiary/aromatic N) is 3. The highest BCUT2D eigenvalue weighted by Gasteiger charge is 2.46. The molecule has 2 atom stereocenters. The summed E-state index contributed by atoms with van der Waals surface area (Å²) in [5.74, 6) is -2.96. The number of anilines is 2. The minimum absolute atomic E-state index is 0.00809. The van der Waals surface area contributed by atoms with Crippen molar-refractivity contribution in [2.24, 2.45) is 0 Å². The molecule has 1 fully saturated rings. The molecule has 6 rings (SSSR count). The van der Waals surface area contributed by atoms with Crippen LogP contribution in [0, 0.1) is 0 Å². The van der Waals surface area contributed by atoms with E-state index in [1.807, 2.05) is 24.3 Å². The van der Waals surface area contributed by atoms with Crippen molar-refractivity contribution in [1.82, 2.24) is 15.3 Å². The van der Waals surface area contributed by atoms with Crippen LogP contribution in [-0.4, -0.2) is 70.7 Å². The maximum absolute atomic E-state index is 14.3. The van der Waals surface area contributed by atoms with Crippen LogP contribution in [0.5, 0.6) is 0 Å². The second-order valence-corrected chi connectivity index (χ2v) is 13.2. The van der Waals surface area contributed by atoms with E-state index in [0.717, 1.165) is 10.8 Å². The van der Waals surface area contributed by atoms with E-state index in [2.05, 4.69) is 20.6 Å². The lowest BCUT2D eigenvalue weighted by Crippen LogP contribution is -2.48. The number of benzene rings is 3. The minimum atomic E-state index is -2.65. The summed E-state index contributed by atoms with van der Waals surface area (Å²) in [7, 11) is 1.54. The van der Waals surface area contributed by atoms with Gasteiger partial charge in [0.1, 0.15) is 6.10 Å². The molecular weight excluding hydrogens is 662 g/mol. The fraction of sp³-hybridized carbons (Fsp3) is 0.300. The van der Waals surface area contributed by atoms with E-state index >= 15 is 0 Å². The second-order valence-electron chi connectivity index (χ2n) is 13.2. The highest BCUT2D eigenvalue weighted by atomic mass is 16.7. The molecular formula is C40H41N5O7. The van der Waals surface area contributed by atoms with Gasteiger partial charge in [0.2, 0.25) is 17.4 Å². The molecule has 1 aliphatic heterocycles. The normalized spacial score (nSPS) is 16.3. The maximum Gasteiger partial charge on any atom is 0.269 e. The molecule has 0 aliphatic carbocycles. The van der Waals surface area contributed by atoms with Crippen LogP contribution >= 0.6 is 0 Å². The molecule has 3 aromatic carbocycles. The van der Waals surface area contributed by atoms with Crippen molar-refractivity contribution in [1.29, 1.82) is 0 Å². The third-order valence-electron chi connectivity index (χ3n) is 9.10. The molecule has 1 unspecified atom stereocenters. The summed E-state index contributed by atoms with van der Waals surface area (Å²) in [5, 5.41) is 19.2. The summed E-state index contributed by atoms with van der Waals surface area (Å²) in [4.78, 5) is 64.4. The standard InChI is InChI=1S/C40H41N5O7/c1-39(2)51-25-31(52-39)24-45(35(48)16-6-15-34(47)41-3)30-19-17-29(18-20-30)40(50,33(46)23-28-11-4-9-26-12-7-21-42-36(26)28)38(49)44-32-14-5-10-27-13-8-22-43-37(27)32/h4-5,7-14,17-22,31,50H,6,15-16,23-25H2,1-3H3,(H,41,47)(H,44,49)/t31-,40?/m1/s1. The van der Waals surface area contributed by atoms with E-state index < -0.39 is 29.2 Å². The first-order valence-electron chi connectivity index (χ1n) is 17.2. The molecule has 3 amide bonds. The fourth-order valence-electron chi connectivity index (χ4n) is 6.40. The number of rotatable bonds is 13. The quantitative estimate of drug-likeness (QED) is 0.146. The number of aliphatic hydroxyl groups is 1. The molecule has 1 saturated heterocycles. The molecule has 0 saturated carbocycles. The number of pyridine rings is 2. The van der Waals surface area contributed by atoms with Gasteiger partial charge in [-0.3, -0.25) is 29.1 Å². The van der Waals surface area contributed by atoms with Gasteiger partial charge >= 0.3 is 0 Å². The number of aromatic nitrogens is 2. The Bertz CT molecular complexity index is 2010. The van der Waals surface area contributed by atoms with E-state index in [9.17, 15) is 24.3 Å².